The van der Waals surface area contributed by atoms with Gasteiger partial charge in [-0.15, -0.1) is 0 Å². The van der Waals surface area contributed by atoms with Crippen LogP contribution in [0.3, 0.4) is 0 Å². The molecule has 27 heavy (non-hydrogen) atoms. The van der Waals surface area contributed by atoms with Gasteiger partial charge in [0.15, 0.2) is 0 Å². The maximum absolute atomic E-state index is 13.8. The minimum Gasteiger partial charge on any atom is -0.497 e. The van der Waals surface area contributed by atoms with Crippen LogP contribution in [0.5, 0.6) is 5.75 Å². The predicted octanol–water partition coefficient (Wildman–Crippen LogP) is 3.34. The highest BCUT2D eigenvalue weighted by molar-refractivity contribution is 5.84. The van der Waals surface area contributed by atoms with E-state index in [-0.39, 0.29) is 17.8 Å². The number of hydrogen-bond donors (Lipinski definition) is 0. The number of carbonyl (C=O) groups excluding carboxylic acids is 1. The first-order valence-electron chi connectivity index (χ1n) is 9.47. The van der Waals surface area contributed by atoms with Crippen LogP contribution in [-0.4, -0.2) is 48.5 Å². The normalized spacial score (nSPS) is 20.8. The van der Waals surface area contributed by atoms with Gasteiger partial charge in [0.2, 0.25) is 5.91 Å². The number of nitrogens with zero attached hydrogens (tertiary/aromatic N) is 2. The average Bonchev–Trinajstić information content (AvgIpc) is 2.98. The van der Waals surface area contributed by atoms with Gasteiger partial charge < -0.3 is 9.64 Å². The first kappa shape index (κ1) is 18.0. The molecule has 4 nitrogen and oxygen atoms in total. The second kappa shape index (κ2) is 7.31. The van der Waals surface area contributed by atoms with Crippen molar-refractivity contribution in [2.45, 2.75) is 31.8 Å². The van der Waals surface area contributed by atoms with Crippen molar-refractivity contribution in [1.29, 1.82) is 0 Å². The van der Waals surface area contributed by atoms with Crippen molar-refractivity contribution in [3.8, 4) is 5.75 Å². The number of amides is 1. The number of likely N-dealkylation sites (tertiary alicyclic amines) is 2. The van der Waals surface area contributed by atoms with Crippen LogP contribution in [0.4, 0.5) is 4.39 Å². The maximum atomic E-state index is 13.8. The van der Waals surface area contributed by atoms with E-state index in [0.29, 0.717) is 18.0 Å². The molecule has 1 amide bonds. The van der Waals surface area contributed by atoms with Crippen LogP contribution in [0.15, 0.2) is 42.5 Å². The molecule has 4 rings (SSSR count). The van der Waals surface area contributed by atoms with E-state index in [4.69, 9.17) is 4.74 Å². The van der Waals surface area contributed by atoms with Gasteiger partial charge in [-0.05, 0) is 48.2 Å². The number of halogens is 1. The van der Waals surface area contributed by atoms with Gasteiger partial charge in [0.05, 0.1) is 13.2 Å². The van der Waals surface area contributed by atoms with Crippen molar-refractivity contribution in [1.82, 2.24) is 9.80 Å². The van der Waals surface area contributed by atoms with E-state index in [1.54, 1.807) is 26.2 Å². The van der Waals surface area contributed by atoms with Crippen LogP contribution in [-0.2, 0) is 11.3 Å². The molecule has 0 aliphatic carbocycles. The molecule has 5 heteroatoms. The first-order valence-corrected chi connectivity index (χ1v) is 9.47. The summed E-state index contributed by atoms with van der Waals surface area (Å²) in [5.74, 6) is 1.30. The number of methoxy groups -OCH3 is 1. The molecular weight excluding hydrogens is 343 g/mol. The Kier molecular flexibility index (Phi) is 4.87. The number of carbonyl (C=O) groups is 1. The van der Waals surface area contributed by atoms with Gasteiger partial charge in [0.25, 0.3) is 0 Å². The zero-order valence-electron chi connectivity index (χ0n) is 15.8. The molecule has 2 aliphatic heterocycles. The number of hydrogen-bond acceptors (Lipinski definition) is 3. The van der Waals surface area contributed by atoms with Crippen LogP contribution in [0.25, 0.3) is 0 Å². The summed E-state index contributed by atoms with van der Waals surface area (Å²) in [5.41, 5.74) is 2.78. The predicted molar refractivity (Wildman–Crippen MR) is 102 cm³/mol. The van der Waals surface area contributed by atoms with Crippen LogP contribution >= 0.6 is 0 Å². The molecule has 0 radical (unpaired) electrons. The van der Waals surface area contributed by atoms with Crippen LogP contribution in [0.1, 0.15) is 29.0 Å². The van der Waals surface area contributed by atoms with E-state index in [1.165, 1.54) is 5.56 Å². The van der Waals surface area contributed by atoms with Crippen molar-refractivity contribution in [2.75, 3.05) is 26.7 Å². The summed E-state index contributed by atoms with van der Waals surface area (Å²) in [4.78, 5) is 16.9. The van der Waals surface area contributed by atoms with Crippen LogP contribution in [0.2, 0.25) is 0 Å². The van der Waals surface area contributed by atoms with Crippen LogP contribution in [0, 0.1) is 12.7 Å². The molecule has 0 bridgehead atoms. The summed E-state index contributed by atoms with van der Waals surface area (Å²) < 4.78 is 19.0. The van der Waals surface area contributed by atoms with Gasteiger partial charge in [-0.3, -0.25) is 9.69 Å². The zero-order valence-corrected chi connectivity index (χ0v) is 15.8. The van der Waals surface area contributed by atoms with Gasteiger partial charge in [-0.2, -0.15) is 0 Å². The molecule has 0 N–H and O–H groups in total. The lowest BCUT2D eigenvalue weighted by molar-refractivity contribution is -0.134. The molecule has 2 aromatic rings. The summed E-state index contributed by atoms with van der Waals surface area (Å²) in [7, 11) is 1.67. The second-order valence-electron chi connectivity index (χ2n) is 7.57. The topological polar surface area (TPSA) is 32.8 Å². The van der Waals surface area contributed by atoms with Gasteiger partial charge in [-0.1, -0.05) is 24.3 Å². The molecule has 1 atom stereocenters. The molecule has 2 heterocycles. The molecule has 142 valence electrons. The summed E-state index contributed by atoms with van der Waals surface area (Å²) in [6.07, 6.45) is 0.850. The molecular formula is C22H25FN2O2. The Hall–Kier alpha value is -2.40. The number of ether oxygens (including phenoxy) is 1. The van der Waals surface area contributed by atoms with Crippen molar-refractivity contribution < 1.29 is 13.9 Å². The van der Waals surface area contributed by atoms with E-state index >= 15 is 0 Å². The van der Waals surface area contributed by atoms with Crippen molar-refractivity contribution in [3.05, 3.63) is 65.0 Å². The molecule has 2 aromatic carbocycles. The summed E-state index contributed by atoms with van der Waals surface area (Å²) in [6, 6.07) is 13.4. The Labute approximate surface area is 159 Å². The van der Waals surface area contributed by atoms with E-state index in [0.717, 1.165) is 37.4 Å². The van der Waals surface area contributed by atoms with Gasteiger partial charge in [-0.25, -0.2) is 4.39 Å². The monoisotopic (exact) mass is 368 g/mol. The van der Waals surface area contributed by atoms with E-state index < -0.39 is 0 Å². The molecule has 1 unspecified atom stereocenters. The third-order valence-electron chi connectivity index (χ3n) is 5.82. The first-order chi connectivity index (χ1) is 13.0. The van der Waals surface area contributed by atoms with Crippen molar-refractivity contribution >= 4 is 5.91 Å². The molecule has 0 aromatic heterocycles. The highest BCUT2D eigenvalue weighted by Crippen LogP contribution is 2.33. The number of rotatable bonds is 5. The van der Waals surface area contributed by atoms with Gasteiger partial charge >= 0.3 is 0 Å². The van der Waals surface area contributed by atoms with Crippen molar-refractivity contribution in [3.63, 3.8) is 0 Å². The fourth-order valence-electron chi connectivity index (χ4n) is 4.03. The highest BCUT2D eigenvalue weighted by atomic mass is 19.1. The quantitative estimate of drug-likeness (QED) is 0.811. The fraction of sp³-hybridized carbons (Fsp3) is 0.409. The molecule has 0 saturated carbocycles. The standard InChI is InChI=1S/C22H25FN2O2/c1-15-3-4-16(11-20(15)23)12-24-10-9-21(22(24)26)25-13-18(14-25)17-5-7-19(27-2)8-6-17/h3-8,11,18,21H,9-10,12-14H2,1-2H3. The third-order valence-corrected chi connectivity index (χ3v) is 5.82. The minimum atomic E-state index is -0.208. The van der Waals surface area contributed by atoms with Gasteiger partial charge in [0, 0.05) is 32.1 Å². The Morgan fingerprint density at radius 1 is 1.15 bits per heavy atom. The minimum absolute atomic E-state index is 0.0326. The Bertz CT molecular complexity index is 831. The summed E-state index contributed by atoms with van der Waals surface area (Å²) >= 11 is 0. The fourth-order valence-corrected chi connectivity index (χ4v) is 4.03. The van der Waals surface area contributed by atoms with Crippen molar-refractivity contribution in [2.24, 2.45) is 0 Å². The smallest absolute Gasteiger partial charge is 0.240 e. The van der Waals surface area contributed by atoms with E-state index in [2.05, 4.69) is 17.0 Å². The number of benzene rings is 2. The number of aryl methyl sites for hydroxylation is 1. The lowest BCUT2D eigenvalue weighted by atomic mass is 9.89. The van der Waals surface area contributed by atoms with Gasteiger partial charge in [0.1, 0.15) is 11.6 Å². The summed E-state index contributed by atoms with van der Waals surface area (Å²) in [6.45, 7) is 4.80. The lowest BCUT2D eigenvalue weighted by Gasteiger charge is -2.42. The Morgan fingerprint density at radius 2 is 1.89 bits per heavy atom. The summed E-state index contributed by atoms with van der Waals surface area (Å²) in [5, 5.41) is 0. The van der Waals surface area contributed by atoms with E-state index in [1.807, 2.05) is 23.1 Å². The average molecular weight is 368 g/mol. The largest absolute Gasteiger partial charge is 0.497 e. The zero-order chi connectivity index (χ0) is 19.0. The van der Waals surface area contributed by atoms with Crippen LogP contribution < -0.4 is 4.74 Å². The lowest BCUT2D eigenvalue weighted by Crippen LogP contribution is -2.53. The van der Waals surface area contributed by atoms with E-state index in [9.17, 15) is 9.18 Å². The Morgan fingerprint density at radius 3 is 2.56 bits per heavy atom. The molecule has 2 aliphatic rings. The SMILES string of the molecule is COc1ccc(C2CN(C3CCN(Cc4ccc(C)c(F)c4)C3=O)C2)cc1. The molecule has 2 saturated heterocycles. The Balaban J connectivity index is 1.33. The molecule has 2 fully saturated rings. The molecule has 0 spiro atoms. The highest BCUT2D eigenvalue weighted by Gasteiger charge is 2.41. The maximum Gasteiger partial charge on any atom is 0.240 e. The third kappa shape index (κ3) is 3.56. The second-order valence-corrected chi connectivity index (χ2v) is 7.57.